The maximum absolute atomic E-state index is 12.3. The minimum absolute atomic E-state index is 0.0479. The maximum atomic E-state index is 12.3. The zero-order valence-electron chi connectivity index (χ0n) is 11.0. The Morgan fingerprint density at radius 3 is 2.95 bits per heavy atom. The summed E-state index contributed by atoms with van der Waals surface area (Å²) in [5.74, 6) is 0.739. The normalized spacial score (nSPS) is 17.1. The molecule has 3 nitrogen and oxygen atoms in total. The third-order valence-corrected chi connectivity index (χ3v) is 4.83. The molecule has 0 saturated heterocycles. The van der Waals surface area contributed by atoms with Crippen molar-refractivity contribution in [3.8, 4) is 0 Å². The minimum Gasteiger partial charge on any atom is -0.344 e. The van der Waals surface area contributed by atoms with Gasteiger partial charge in [0, 0.05) is 15.7 Å². The number of hydrogen-bond donors (Lipinski definition) is 1. The fourth-order valence-corrected chi connectivity index (χ4v) is 3.73. The summed E-state index contributed by atoms with van der Waals surface area (Å²) in [7, 11) is 0. The van der Waals surface area contributed by atoms with E-state index in [2.05, 4.69) is 10.3 Å². The van der Waals surface area contributed by atoms with E-state index in [1.165, 1.54) is 0 Å². The summed E-state index contributed by atoms with van der Waals surface area (Å²) in [5, 5.41) is 4.00. The molecule has 1 unspecified atom stereocenters. The number of nitrogens with one attached hydrogen (secondary N) is 1. The molecule has 3 rings (SSSR count). The third-order valence-electron chi connectivity index (χ3n) is 3.26. The molecular weight excluding hydrogens is 327 g/mol. The molecule has 1 aliphatic rings. The van der Waals surface area contributed by atoms with Gasteiger partial charge in [-0.2, -0.15) is 0 Å². The second-order valence-corrected chi connectivity index (χ2v) is 6.65. The molecule has 108 valence electrons. The number of pyridine rings is 1. The number of carbonyl (C=O) groups excluding carboxylic acids is 1. The van der Waals surface area contributed by atoms with Crippen molar-refractivity contribution in [2.45, 2.75) is 17.4 Å². The Hall–Kier alpha value is -1.23. The predicted octanol–water partition coefficient (Wildman–Crippen LogP) is 4.36. The summed E-state index contributed by atoms with van der Waals surface area (Å²) in [6.07, 6.45) is 0.865. The molecule has 0 saturated carbocycles. The molecule has 2 aromatic rings. The van der Waals surface area contributed by atoms with Crippen molar-refractivity contribution >= 4 is 40.9 Å². The lowest BCUT2D eigenvalue weighted by Gasteiger charge is -2.26. The fraction of sp³-hybridized carbons (Fsp3) is 0.200. The molecule has 0 aliphatic carbocycles. The number of carbonyl (C=O) groups is 1. The molecule has 0 spiro atoms. The molecule has 0 bridgehead atoms. The molecule has 1 atom stereocenters. The second-order valence-electron chi connectivity index (χ2n) is 4.69. The molecule has 1 aromatic heterocycles. The topological polar surface area (TPSA) is 42.0 Å². The summed E-state index contributed by atoms with van der Waals surface area (Å²) in [4.78, 5) is 17.5. The highest BCUT2D eigenvalue weighted by Gasteiger charge is 2.23. The smallest absolute Gasteiger partial charge is 0.270 e. The lowest BCUT2D eigenvalue weighted by atomic mass is 10.0. The van der Waals surface area contributed by atoms with E-state index in [1.807, 2.05) is 18.2 Å². The lowest BCUT2D eigenvalue weighted by molar-refractivity contribution is 0.0930. The van der Waals surface area contributed by atoms with Crippen LogP contribution >= 0.6 is 35.0 Å². The molecule has 0 fully saturated rings. The van der Waals surface area contributed by atoms with Crippen molar-refractivity contribution in [1.29, 1.82) is 0 Å². The van der Waals surface area contributed by atoms with Crippen molar-refractivity contribution in [3.63, 3.8) is 0 Å². The molecular formula is C15H12Cl2N2OS. The van der Waals surface area contributed by atoms with Gasteiger partial charge >= 0.3 is 0 Å². The van der Waals surface area contributed by atoms with Crippen LogP contribution in [0.25, 0.3) is 0 Å². The first kappa shape index (κ1) is 14.7. The Balaban J connectivity index is 1.83. The Morgan fingerprint density at radius 2 is 2.14 bits per heavy atom. The largest absolute Gasteiger partial charge is 0.344 e. The highest BCUT2D eigenvalue weighted by Crippen LogP contribution is 2.37. The highest BCUT2D eigenvalue weighted by molar-refractivity contribution is 7.99. The van der Waals surface area contributed by atoms with Gasteiger partial charge in [-0.25, -0.2) is 4.98 Å². The number of halogens is 2. The van der Waals surface area contributed by atoms with Gasteiger partial charge in [-0.1, -0.05) is 29.3 Å². The molecule has 0 radical (unpaired) electrons. The van der Waals surface area contributed by atoms with Gasteiger partial charge in [0.15, 0.2) is 0 Å². The summed E-state index contributed by atoms with van der Waals surface area (Å²) < 4.78 is 0. The Morgan fingerprint density at radius 1 is 1.29 bits per heavy atom. The van der Waals surface area contributed by atoms with Crippen LogP contribution in [-0.2, 0) is 0 Å². The molecule has 1 N–H and O–H groups in total. The first-order valence-corrected chi connectivity index (χ1v) is 8.23. The number of fused-ring (bicyclic) bond motifs is 1. The number of hydrogen-bond acceptors (Lipinski definition) is 3. The fourth-order valence-electron chi connectivity index (χ4n) is 2.28. The van der Waals surface area contributed by atoms with E-state index in [9.17, 15) is 4.79 Å². The van der Waals surface area contributed by atoms with Crippen molar-refractivity contribution in [1.82, 2.24) is 10.3 Å². The van der Waals surface area contributed by atoms with Crippen molar-refractivity contribution in [3.05, 3.63) is 57.8 Å². The molecule has 6 heteroatoms. The van der Waals surface area contributed by atoms with E-state index in [-0.39, 0.29) is 11.9 Å². The van der Waals surface area contributed by atoms with Crippen molar-refractivity contribution in [2.24, 2.45) is 0 Å². The SMILES string of the molecule is O=C(NC1CCSc2ccc(Cl)cc21)c1cccc(Cl)n1. The van der Waals surface area contributed by atoms with E-state index < -0.39 is 0 Å². The third kappa shape index (κ3) is 3.34. The van der Waals surface area contributed by atoms with Gasteiger partial charge in [0.2, 0.25) is 0 Å². The number of aromatic nitrogens is 1. The summed E-state index contributed by atoms with van der Waals surface area (Å²) >= 11 is 13.7. The van der Waals surface area contributed by atoms with Gasteiger partial charge in [0.1, 0.15) is 10.8 Å². The number of nitrogens with zero attached hydrogens (tertiary/aromatic N) is 1. The van der Waals surface area contributed by atoms with Gasteiger partial charge in [-0.05, 0) is 42.3 Å². The first-order valence-electron chi connectivity index (χ1n) is 6.49. The number of amides is 1. The van der Waals surface area contributed by atoms with Gasteiger partial charge < -0.3 is 5.32 Å². The van der Waals surface area contributed by atoms with Crippen LogP contribution in [0.15, 0.2) is 41.3 Å². The standard InChI is InChI=1S/C15H12Cl2N2OS/c16-9-4-5-13-10(8-9)11(6-7-21-13)19-15(20)12-2-1-3-14(17)18-12/h1-5,8,11H,6-7H2,(H,19,20). The van der Waals surface area contributed by atoms with E-state index >= 15 is 0 Å². The molecule has 1 aromatic carbocycles. The van der Waals surface area contributed by atoms with E-state index in [0.29, 0.717) is 15.9 Å². The van der Waals surface area contributed by atoms with Crippen LogP contribution in [0, 0.1) is 0 Å². The van der Waals surface area contributed by atoms with Crippen LogP contribution in [0.2, 0.25) is 10.2 Å². The maximum Gasteiger partial charge on any atom is 0.270 e. The van der Waals surface area contributed by atoms with Crippen LogP contribution in [0.1, 0.15) is 28.5 Å². The molecule has 2 heterocycles. The Labute approximate surface area is 137 Å². The first-order chi connectivity index (χ1) is 10.1. The molecule has 21 heavy (non-hydrogen) atoms. The lowest BCUT2D eigenvalue weighted by Crippen LogP contribution is -2.31. The highest BCUT2D eigenvalue weighted by atomic mass is 35.5. The van der Waals surface area contributed by atoms with Crippen molar-refractivity contribution in [2.75, 3.05) is 5.75 Å². The van der Waals surface area contributed by atoms with Gasteiger partial charge in [0.05, 0.1) is 6.04 Å². The van der Waals surface area contributed by atoms with Crippen LogP contribution < -0.4 is 5.32 Å². The minimum atomic E-state index is -0.222. The quantitative estimate of drug-likeness (QED) is 0.827. The van der Waals surface area contributed by atoms with E-state index in [4.69, 9.17) is 23.2 Å². The van der Waals surface area contributed by atoms with Crippen LogP contribution in [0.3, 0.4) is 0 Å². The summed E-state index contributed by atoms with van der Waals surface area (Å²) in [6.45, 7) is 0. The average Bonchev–Trinajstić information content (AvgIpc) is 2.48. The number of rotatable bonds is 2. The number of thioether (sulfide) groups is 1. The van der Waals surface area contributed by atoms with E-state index in [0.717, 1.165) is 22.6 Å². The van der Waals surface area contributed by atoms with Crippen LogP contribution in [0.4, 0.5) is 0 Å². The second kappa shape index (κ2) is 6.26. The predicted molar refractivity (Wildman–Crippen MR) is 86.2 cm³/mol. The summed E-state index contributed by atoms with van der Waals surface area (Å²) in [5.41, 5.74) is 1.39. The van der Waals surface area contributed by atoms with Crippen LogP contribution in [-0.4, -0.2) is 16.6 Å². The average molecular weight is 339 g/mol. The zero-order valence-corrected chi connectivity index (χ0v) is 13.3. The van der Waals surface area contributed by atoms with Gasteiger partial charge in [-0.15, -0.1) is 11.8 Å². The van der Waals surface area contributed by atoms with Crippen LogP contribution in [0.5, 0.6) is 0 Å². The number of benzene rings is 1. The molecule has 1 amide bonds. The van der Waals surface area contributed by atoms with Crippen molar-refractivity contribution < 1.29 is 4.79 Å². The monoisotopic (exact) mass is 338 g/mol. The summed E-state index contributed by atoms with van der Waals surface area (Å²) in [6, 6.07) is 10.7. The molecule has 1 aliphatic heterocycles. The van der Waals surface area contributed by atoms with E-state index in [1.54, 1.807) is 30.0 Å². The Kier molecular flexibility index (Phi) is 4.38. The Bertz CT molecular complexity index is 693. The van der Waals surface area contributed by atoms with Gasteiger partial charge in [0.25, 0.3) is 5.91 Å². The zero-order chi connectivity index (χ0) is 14.8. The van der Waals surface area contributed by atoms with Gasteiger partial charge in [-0.3, -0.25) is 4.79 Å².